The Morgan fingerprint density at radius 3 is 0.923 bits per heavy atom. The van der Waals surface area contributed by atoms with Gasteiger partial charge in [0.05, 0.1) is 11.1 Å². The smallest absolute Gasteiger partial charge is 0.872 e. The minimum atomic E-state index is -1.18. The van der Waals surface area contributed by atoms with Gasteiger partial charge in [0, 0.05) is 0 Å². The monoisotopic (exact) mass is 542 g/mol. The summed E-state index contributed by atoms with van der Waals surface area (Å²) in [6.07, 6.45) is 0. The second-order valence-electron chi connectivity index (χ2n) is 8.35. The van der Waals surface area contributed by atoms with Gasteiger partial charge in [0.2, 0.25) is 0 Å². The molecule has 0 aliphatic carbocycles. The Balaban J connectivity index is 0.000000162. The fourth-order valence-corrected chi connectivity index (χ4v) is 3.91. The number of benzene rings is 6. The molecular formula is C32H22CaO6. The average Bonchev–Trinajstić information content (AvgIpc) is 2.93. The van der Waals surface area contributed by atoms with Gasteiger partial charge in [0.25, 0.3) is 0 Å². The van der Waals surface area contributed by atoms with E-state index in [0.29, 0.717) is 0 Å². The summed E-state index contributed by atoms with van der Waals surface area (Å²) in [4.78, 5) is 21.3. The standard InChI is InChI=1S/2C11H8O3.C10H8.Ca/c2*12-10-6-8-4-2-1-3-7(8)5-9(10)11(13)14;1-2-6-10-8-4-3-7-9(10)5-1;/h2*1-6,12H,(H,13,14);1-8H;/q;;;+2/p-2. The van der Waals surface area contributed by atoms with E-state index < -0.39 is 23.4 Å². The zero-order valence-electron chi connectivity index (χ0n) is 20.8. The summed E-state index contributed by atoms with van der Waals surface area (Å²) in [7, 11) is 0. The molecule has 0 aliphatic rings. The van der Waals surface area contributed by atoms with Crippen LogP contribution in [0.2, 0.25) is 0 Å². The molecule has 6 aromatic rings. The number of aromatic carboxylic acids is 2. The molecular weight excluding hydrogens is 520 g/mol. The van der Waals surface area contributed by atoms with Gasteiger partial charge >= 0.3 is 49.7 Å². The van der Waals surface area contributed by atoms with E-state index in [-0.39, 0.29) is 48.9 Å². The average molecular weight is 543 g/mol. The number of hydrogen-bond donors (Lipinski definition) is 2. The summed E-state index contributed by atoms with van der Waals surface area (Å²) >= 11 is 0. The number of hydrogen-bond acceptors (Lipinski definition) is 4. The molecule has 6 rings (SSSR count). The molecule has 0 aliphatic heterocycles. The number of fused-ring (bicyclic) bond motifs is 3. The van der Waals surface area contributed by atoms with Crippen molar-refractivity contribution in [1.29, 1.82) is 0 Å². The first-order valence-corrected chi connectivity index (χ1v) is 11.6. The Bertz CT molecular complexity index is 1600. The van der Waals surface area contributed by atoms with Gasteiger partial charge in [0.1, 0.15) is 0 Å². The maximum Gasteiger partial charge on any atom is 2.00 e. The van der Waals surface area contributed by atoms with Crippen molar-refractivity contribution in [3.8, 4) is 11.5 Å². The van der Waals surface area contributed by atoms with Crippen molar-refractivity contribution in [2.75, 3.05) is 0 Å². The van der Waals surface area contributed by atoms with Crippen LogP contribution in [0.1, 0.15) is 20.7 Å². The first kappa shape index (κ1) is 29.5. The van der Waals surface area contributed by atoms with Crippen molar-refractivity contribution in [3.05, 3.63) is 132 Å². The minimum absolute atomic E-state index is 0. The fourth-order valence-electron chi connectivity index (χ4n) is 3.91. The molecule has 6 aromatic carbocycles. The van der Waals surface area contributed by atoms with Gasteiger partial charge in [-0.3, -0.25) is 0 Å². The van der Waals surface area contributed by atoms with E-state index in [1.54, 1.807) is 36.4 Å². The summed E-state index contributed by atoms with van der Waals surface area (Å²) in [5.74, 6) is -3.26. The molecule has 7 heteroatoms. The summed E-state index contributed by atoms with van der Waals surface area (Å²) < 4.78 is 0. The molecule has 39 heavy (non-hydrogen) atoms. The molecule has 0 radical (unpaired) electrons. The largest absolute Gasteiger partial charge is 2.00 e. The summed E-state index contributed by atoms with van der Waals surface area (Å²) in [6, 6.07) is 36.6. The fraction of sp³-hybridized carbons (Fsp3) is 0. The second-order valence-corrected chi connectivity index (χ2v) is 8.35. The third-order valence-electron chi connectivity index (χ3n) is 5.82. The van der Waals surface area contributed by atoms with Crippen LogP contribution < -0.4 is 10.2 Å². The molecule has 0 atom stereocenters. The molecule has 0 fully saturated rings. The predicted octanol–water partition coefficient (Wildman–Crippen LogP) is 5.68. The molecule has 0 spiro atoms. The van der Waals surface area contributed by atoms with Gasteiger partial charge in [-0.25, -0.2) is 9.59 Å². The third kappa shape index (κ3) is 7.48. The molecule has 0 heterocycles. The molecule has 6 nitrogen and oxygen atoms in total. The summed E-state index contributed by atoms with van der Waals surface area (Å²) in [5.41, 5.74) is -0.354. The van der Waals surface area contributed by atoms with E-state index >= 15 is 0 Å². The van der Waals surface area contributed by atoms with Crippen LogP contribution in [0.3, 0.4) is 0 Å². The van der Waals surface area contributed by atoms with Crippen LogP contribution >= 0.6 is 0 Å². The Morgan fingerprint density at radius 2 is 0.667 bits per heavy atom. The zero-order chi connectivity index (χ0) is 27.1. The maximum absolute atomic E-state index is 11.3. The van der Waals surface area contributed by atoms with Crippen molar-refractivity contribution >= 4 is 82.0 Å². The Kier molecular flexibility index (Phi) is 10.3. The van der Waals surface area contributed by atoms with Crippen LogP contribution in [0.4, 0.5) is 0 Å². The first-order chi connectivity index (χ1) is 18.3. The molecule has 0 amide bonds. The van der Waals surface area contributed by atoms with Crippen molar-refractivity contribution in [2.24, 2.45) is 0 Å². The van der Waals surface area contributed by atoms with Gasteiger partial charge in [-0.05, 0) is 44.5 Å². The Labute approximate surface area is 254 Å². The molecule has 188 valence electrons. The number of carboxylic acids is 2. The molecule has 0 saturated heterocycles. The predicted molar refractivity (Wildman–Crippen MR) is 150 cm³/mol. The second kappa shape index (κ2) is 13.6. The van der Waals surface area contributed by atoms with Crippen LogP contribution in [0, 0.1) is 0 Å². The molecule has 0 aromatic heterocycles. The van der Waals surface area contributed by atoms with Gasteiger partial charge in [-0.15, -0.1) is 0 Å². The summed E-state index contributed by atoms with van der Waals surface area (Å²) in [6.45, 7) is 0. The number of carboxylic acid groups (broad SMARTS) is 2. The van der Waals surface area contributed by atoms with Crippen LogP contribution in [0.25, 0.3) is 32.3 Å². The van der Waals surface area contributed by atoms with E-state index in [2.05, 4.69) is 48.5 Å². The van der Waals surface area contributed by atoms with E-state index in [4.69, 9.17) is 10.2 Å². The third-order valence-corrected chi connectivity index (χ3v) is 5.82. The van der Waals surface area contributed by atoms with Crippen molar-refractivity contribution in [2.45, 2.75) is 0 Å². The SMILES string of the molecule is O=C(O)c1cc2ccccc2cc1[O-].O=C(O)c1cc2ccccc2cc1[O-].[Ca+2].c1ccc2ccccc2c1. The Morgan fingerprint density at radius 1 is 0.436 bits per heavy atom. The van der Waals surface area contributed by atoms with Crippen molar-refractivity contribution in [1.82, 2.24) is 0 Å². The Hall–Kier alpha value is -4.10. The molecule has 2 N–H and O–H groups in total. The van der Waals surface area contributed by atoms with Gasteiger partial charge < -0.3 is 20.4 Å². The first-order valence-electron chi connectivity index (χ1n) is 11.6. The van der Waals surface area contributed by atoms with Crippen LogP contribution in [0.15, 0.2) is 121 Å². The van der Waals surface area contributed by atoms with Gasteiger partial charge in [-0.2, -0.15) is 0 Å². The van der Waals surface area contributed by atoms with Crippen molar-refractivity contribution < 1.29 is 30.0 Å². The van der Waals surface area contributed by atoms with Crippen LogP contribution in [-0.4, -0.2) is 59.9 Å². The molecule has 0 bridgehead atoms. The normalized spacial score (nSPS) is 9.95. The topological polar surface area (TPSA) is 121 Å². The minimum Gasteiger partial charge on any atom is -0.872 e. The summed E-state index contributed by atoms with van der Waals surface area (Å²) in [5, 5.41) is 45.7. The van der Waals surface area contributed by atoms with E-state index in [1.807, 2.05) is 12.1 Å². The molecule has 0 saturated carbocycles. The quantitative estimate of drug-likeness (QED) is 0.272. The molecule has 0 unspecified atom stereocenters. The van der Waals surface area contributed by atoms with Crippen molar-refractivity contribution in [3.63, 3.8) is 0 Å². The van der Waals surface area contributed by atoms with E-state index in [1.165, 1.54) is 35.0 Å². The number of carbonyl (C=O) groups is 2. The number of rotatable bonds is 2. The maximum atomic E-state index is 11.3. The van der Waals surface area contributed by atoms with Gasteiger partial charge in [-0.1, -0.05) is 121 Å². The van der Waals surface area contributed by atoms with Crippen LogP contribution in [0.5, 0.6) is 11.5 Å². The zero-order valence-corrected chi connectivity index (χ0v) is 23.0. The van der Waals surface area contributed by atoms with E-state index in [0.717, 1.165) is 21.5 Å². The van der Waals surface area contributed by atoms with Crippen LogP contribution in [-0.2, 0) is 0 Å². The van der Waals surface area contributed by atoms with E-state index in [9.17, 15) is 19.8 Å². The van der Waals surface area contributed by atoms with Gasteiger partial charge in [0.15, 0.2) is 0 Å².